The Bertz CT molecular complexity index is 972. The Morgan fingerprint density at radius 3 is 2.04 bits per heavy atom. The van der Waals surface area contributed by atoms with Crippen LogP contribution in [0.3, 0.4) is 0 Å². The number of Topliss-reactive ketones (excluding diaryl/α,β-unsaturated/α-hetero) is 1. The molecule has 0 bridgehead atoms. The largest absolute Gasteiger partial charge is 0.368 e. The Labute approximate surface area is 157 Å². The van der Waals surface area contributed by atoms with Crippen molar-refractivity contribution >= 4 is 39.1 Å². The van der Waals surface area contributed by atoms with Gasteiger partial charge in [-0.15, -0.1) is 0 Å². The van der Waals surface area contributed by atoms with Gasteiger partial charge in [-0.1, -0.05) is 55.5 Å². The van der Waals surface area contributed by atoms with Gasteiger partial charge in [-0.05, 0) is 34.0 Å². The summed E-state index contributed by atoms with van der Waals surface area (Å²) in [5.41, 5.74) is 5.96. The quantitative estimate of drug-likeness (QED) is 0.632. The minimum Gasteiger partial charge on any atom is -0.368 e. The van der Waals surface area contributed by atoms with Gasteiger partial charge in [-0.25, -0.2) is 0 Å². The summed E-state index contributed by atoms with van der Waals surface area (Å²) in [4.78, 5) is 36.5. The molecule has 27 heavy (non-hydrogen) atoms. The van der Waals surface area contributed by atoms with E-state index >= 15 is 0 Å². The predicted molar refractivity (Wildman–Crippen MR) is 106 cm³/mol. The molecule has 0 fully saturated rings. The van der Waals surface area contributed by atoms with Gasteiger partial charge in [0.25, 0.3) is 5.91 Å². The van der Waals surface area contributed by atoms with Crippen LogP contribution in [-0.2, 0) is 9.59 Å². The zero-order valence-corrected chi connectivity index (χ0v) is 15.2. The fourth-order valence-electron chi connectivity index (χ4n) is 3.26. The Hall–Kier alpha value is -3.21. The normalized spacial score (nSPS) is 12.0. The summed E-state index contributed by atoms with van der Waals surface area (Å²) in [5, 5.41) is 6.23. The van der Waals surface area contributed by atoms with Crippen molar-refractivity contribution in [2.24, 2.45) is 5.73 Å². The second-order valence-electron chi connectivity index (χ2n) is 6.55. The molecule has 0 aliphatic rings. The number of rotatable bonds is 7. The van der Waals surface area contributed by atoms with Crippen LogP contribution in [0.25, 0.3) is 21.5 Å². The number of nitrogens with one attached hydrogen (secondary N) is 1. The highest BCUT2D eigenvalue weighted by atomic mass is 16.2. The summed E-state index contributed by atoms with van der Waals surface area (Å²) in [7, 11) is 0. The molecular formula is C22H22N2O3. The third-order valence-electron chi connectivity index (χ3n) is 4.75. The lowest BCUT2D eigenvalue weighted by molar-refractivity contribution is -0.121. The second-order valence-corrected chi connectivity index (χ2v) is 6.55. The lowest BCUT2D eigenvalue weighted by Gasteiger charge is -2.17. The summed E-state index contributed by atoms with van der Waals surface area (Å²) < 4.78 is 0. The molecule has 3 rings (SSSR count). The van der Waals surface area contributed by atoms with Crippen LogP contribution in [0.4, 0.5) is 0 Å². The zero-order valence-electron chi connectivity index (χ0n) is 15.2. The molecule has 0 saturated heterocycles. The molecule has 2 amide bonds. The van der Waals surface area contributed by atoms with Crippen LogP contribution in [-0.4, -0.2) is 23.6 Å². The molecule has 138 valence electrons. The van der Waals surface area contributed by atoms with E-state index in [4.69, 9.17) is 5.73 Å². The third-order valence-corrected chi connectivity index (χ3v) is 4.75. The maximum atomic E-state index is 13.1. The molecule has 5 heteroatoms. The monoisotopic (exact) mass is 362 g/mol. The summed E-state index contributed by atoms with van der Waals surface area (Å²) in [6, 6.07) is 16.4. The van der Waals surface area contributed by atoms with Crippen molar-refractivity contribution < 1.29 is 14.4 Å². The first-order chi connectivity index (χ1) is 13.0. The molecule has 0 unspecified atom stereocenters. The number of amides is 2. The number of carbonyl (C=O) groups excluding carboxylic acids is 3. The van der Waals surface area contributed by atoms with Crippen molar-refractivity contribution in [3.05, 3.63) is 60.2 Å². The van der Waals surface area contributed by atoms with Gasteiger partial charge in [-0.2, -0.15) is 0 Å². The fourth-order valence-corrected chi connectivity index (χ4v) is 3.26. The lowest BCUT2D eigenvalue weighted by atomic mass is 9.96. The van der Waals surface area contributed by atoms with Crippen molar-refractivity contribution in [1.82, 2.24) is 5.32 Å². The van der Waals surface area contributed by atoms with Crippen LogP contribution in [0.15, 0.2) is 54.6 Å². The summed E-state index contributed by atoms with van der Waals surface area (Å²) >= 11 is 0. The number of ketones is 1. The van der Waals surface area contributed by atoms with E-state index in [0.29, 0.717) is 12.0 Å². The molecule has 5 nitrogen and oxygen atoms in total. The molecule has 0 saturated carbocycles. The van der Waals surface area contributed by atoms with E-state index < -0.39 is 11.9 Å². The Morgan fingerprint density at radius 1 is 0.963 bits per heavy atom. The minimum atomic E-state index is -0.884. The van der Waals surface area contributed by atoms with E-state index in [-0.39, 0.29) is 24.5 Å². The number of carbonyl (C=O) groups is 3. The Kier molecular flexibility index (Phi) is 5.50. The molecule has 0 spiro atoms. The molecule has 0 radical (unpaired) electrons. The molecule has 0 aliphatic carbocycles. The van der Waals surface area contributed by atoms with E-state index in [2.05, 4.69) is 5.32 Å². The van der Waals surface area contributed by atoms with Crippen LogP contribution in [0, 0.1) is 0 Å². The Morgan fingerprint density at radius 2 is 1.52 bits per heavy atom. The summed E-state index contributed by atoms with van der Waals surface area (Å²) in [6.07, 6.45) is 0.810. The van der Waals surface area contributed by atoms with E-state index in [0.717, 1.165) is 21.5 Å². The number of primary amides is 1. The van der Waals surface area contributed by atoms with Gasteiger partial charge in [0.15, 0.2) is 0 Å². The molecule has 3 N–H and O–H groups in total. The molecule has 0 heterocycles. The van der Waals surface area contributed by atoms with Crippen molar-refractivity contribution in [2.45, 2.75) is 32.2 Å². The molecule has 0 aromatic heterocycles. The molecule has 3 aromatic carbocycles. The molecule has 1 atom stereocenters. The van der Waals surface area contributed by atoms with Crippen LogP contribution < -0.4 is 11.1 Å². The minimum absolute atomic E-state index is 0.0334. The van der Waals surface area contributed by atoms with Crippen molar-refractivity contribution in [2.75, 3.05) is 0 Å². The van der Waals surface area contributed by atoms with Crippen LogP contribution in [0.2, 0.25) is 0 Å². The second kappa shape index (κ2) is 7.99. The highest BCUT2D eigenvalue weighted by molar-refractivity contribution is 6.18. The number of hydrogen-bond acceptors (Lipinski definition) is 3. The molecule has 3 aromatic rings. The lowest BCUT2D eigenvalue weighted by Crippen LogP contribution is -2.44. The standard InChI is InChI=1S/C22H22N2O3/c1-2-16(25)11-12-19(21(23)26)24-22(27)20-17-9-5-3-7-14(17)13-15-8-4-6-10-18(15)20/h3-10,13,19H,2,11-12H2,1H3,(H2,23,26)(H,24,27)/t19-/m0/s1. The Balaban J connectivity index is 2.00. The van der Waals surface area contributed by atoms with Gasteiger partial charge >= 0.3 is 0 Å². The number of nitrogens with two attached hydrogens (primary N) is 1. The van der Waals surface area contributed by atoms with E-state index in [1.807, 2.05) is 54.6 Å². The first-order valence-electron chi connectivity index (χ1n) is 9.03. The van der Waals surface area contributed by atoms with Crippen LogP contribution in [0.5, 0.6) is 0 Å². The number of fused-ring (bicyclic) bond motifs is 2. The fraction of sp³-hybridized carbons (Fsp3) is 0.227. The first-order valence-corrected chi connectivity index (χ1v) is 9.03. The van der Waals surface area contributed by atoms with Gasteiger partial charge in [0.1, 0.15) is 11.8 Å². The van der Waals surface area contributed by atoms with Gasteiger partial charge in [-0.3, -0.25) is 14.4 Å². The maximum Gasteiger partial charge on any atom is 0.253 e. The van der Waals surface area contributed by atoms with Crippen LogP contribution >= 0.6 is 0 Å². The van der Waals surface area contributed by atoms with E-state index in [9.17, 15) is 14.4 Å². The van der Waals surface area contributed by atoms with Crippen molar-refractivity contribution in [3.8, 4) is 0 Å². The molecular weight excluding hydrogens is 340 g/mol. The van der Waals surface area contributed by atoms with Gasteiger partial charge in [0, 0.05) is 12.8 Å². The smallest absolute Gasteiger partial charge is 0.253 e. The highest BCUT2D eigenvalue weighted by Gasteiger charge is 2.22. The molecule has 0 aliphatic heterocycles. The third kappa shape index (κ3) is 3.97. The van der Waals surface area contributed by atoms with Crippen LogP contribution in [0.1, 0.15) is 36.5 Å². The van der Waals surface area contributed by atoms with Crippen molar-refractivity contribution in [1.29, 1.82) is 0 Å². The SMILES string of the molecule is CCC(=O)CC[C@H](NC(=O)c1c2ccccc2cc2ccccc12)C(N)=O. The number of hydrogen-bond donors (Lipinski definition) is 2. The number of benzene rings is 3. The summed E-state index contributed by atoms with van der Waals surface area (Å²) in [6.45, 7) is 1.77. The van der Waals surface area contributed by atoms with Gasteiger partial charge in [0.05, 0.1) is 5.56 Å². The average molecular weight is 362 g/mol. The average Bonchev–Trinajstić information content (AvgIpc) is 2.68. The van der Waals surface area contributed by atoms with Crippen molar-refractivity contribution in [3.63, 3.8) is 0 Å². The van der Waals surface area contributed by atoms with E-state index in [1.165, 1.54) is 0 Å². The maximum absolute atomic E-state index is 13.1. The summed E-state index contributed by atoms with van der Waals surface area (Å²) in [5.74, 6) is -0.973. The van der Waals surface area contributed by atoms with E-state index in [1.54, 1.807) is 6.92 Å². The topological polar surface area (TPSA) is 89.3 Å². The van der Waals surface area contributed by atoms with Gasteiger partial charge < -0.3 is 11.1 Å². The predicted octanol–water partition coefficient (Wildman–Crippen LogP) is 3.34. The zero-order chi connectivity index (χ0) is 19.4. The first kappa shape index (κ1) is 18.6. The highest BCUT2D eigenvalue weighted by Crippen LogP contribution is 2.28. The van der Waals surface area contributed by atoms with Gasteiger partial charge in [0.2, 0.25) is 5.91 Å².